The van der Waals surface area contributed by atoms with Crippen molar-refractivity contribution in [3.8, 4) is 22.5 Å². The predicted molar refractivity (Wildman–Crippen MR) is 149 cm³/mol. The third-order valence-corrected chi connectivity index (χ3v) is 7.03. The van der Waals surface area contributed by atoms with Crippen LogP contribution in [0.15, 0.2) is 109 Å². The van der Waals surface area contributed by atoms with Gasteiger partial charge in [-0.25, -0.2) is 16.1 Å². The number of aryl methyl sites for hydroxylation is 1. The quantitative estimate of drug-likeness (QED) is 0.160. The first-order valence-corrected chi connectivity index (χ1v) is 12.4. The number of aromatic nitrogens is 5. The van der Waals surface area contributed by atoms with Gasteiger partial charge in [0, 0.05) is 21.1 Å². The Morgan fingerprint density at radius 2 is 1.49 bits per heavy atom. The van der Waals surface area contributed by atoms with E-state index in [1.165, 1.54) is 4.57 Å². The van der Waals surface area contributed by atoms with Crippen LogP contribution in [0, 0.1) is 18.5 Å². The van der Waals surface area contributed by atoms with Crippen LogP contribution < -0.4 is 4.57 Å². The number of hydrogen-bond acceptors (Lipinski definition) is 1. The van der Waals surface area contributed by atoms with Crippen molar-refractivity contribution in [1.82, 2.24) is 18.5 Å². The summed E-state index contributed by atoms with van der Waals surface area (Å²) in [5.41, 5.74) is 8.49. The Kier molecular flexibility index (Phi) is 4.77. The van der Waals surface area contributed by atoms with E-state index < -0.39 is 6.98 Å². The summed E-state index contributed by atoms with van der Waals surface area (Å²) in [5, 5.41) is 0. The molecule has 5 aromatic carbocycles. The van der Waals surface area contributed by atoms with Crippen LogP contribution in [0.4, 0.5) is 0 Å². The molecule has 8 aromatic rings. The molecule has 0 amide bonds. The molecule has 0 atom stereocenters. The minimum absolute atomic E-state index is 0. The molecule has 0 bridgehead atoms. The molecule has 6 heteroatoms. The summed E-state index contributed by atoms with van der Waals surface area (Å²) in [6.45, 7) is -2.37. The average molecular weight is 686 g/mol. The molecule has 0 saturated heterocycles. The Labute approximate surface area is 243 Å². The molecular weight excluding hydrogens is 661 g/mol. The monoisotopic (exact) mass is 685 g/mol. The van der Waals surface area contributed by atoms with Crippen molar-refractivity contribution in [2.45, 2.75) is 0 Å². The zero-order valence-electron chi connectivity index (χ0n) is 23.4. The number of benzene rings is 5. The summed E-state index contributed by atoms with van der Waals surface area (Å²) < 4.78 is 31.5. The molecular formula is C33H21N5Pt-2. The third-order valence-electron chi connectivity index (χ3n) is 7.03. The van der Waals surface area contributed by atoms with Crippen molar-refractivity contribution < 1.29 is 29.7 Å². The molecule has 0 radical (unpaired) electrons. The Hall–Kier alpha value is -4.47. The summed E-state index contributed by atoms with van der Waals surface area (Å²) >= 11 is 0. The van der Waals surface area contributed by atoms with Gasteiger partial charge in [-0.3, -0.25) is 8.97 Å². The van der Waals surface area contributed by atoms with Crippen LogP contribution >= 0.6 is 0 Å². The van der Waals surface area contributed by atoms with Crippen molar-refractivity contribution in [3.63, 3.8) is 0 Å². The maximum Gasteiger partial charge on any atom is 0.244 e. The van der Waals surface area contributed by atoms with Crippen LogP contribution in [0.3, 0.4) is 0 Å². The number of hydrogen-bond donors (Lipinski definition) is 0. The van der Waals surface area contributed by atoms with Crippen LogP contribution in [-0.4, -0.2) is 18.5 Å². The van der Waals surface area contributed by atoms with Crippen molar-refractivity contribution in [3.05, 3.63) is 128 Å². The molecule has 39 heavy (non-hydrogen) atoms. The normalized spacial score (nSPS) is 13.0. The summed E-state index contributed by atoms with van der Waals surface area (Å²) in [6, 6.07) is 42.5. The molecule has 0 aliphatic carbocycles. The third kappa shape index (κ3) is 3.50. The van der Waals surface area contributed by atoms with Crippen LogP contribution in [0.2, 0.25) is 0 Å². The number of imidazole rings is 3. The van der Waals surface area contributed by atoms with Crippen LogP contribution in [0.5, 0.6) is 0 Å². The van der Waals surface area contributed by atoms with E-state index in [1.807, 2.05) is 91.0 Å². The second-order valence-corrected chi connectivity index (χ2v) is 9.20. The van der Waals surface area contributed by atoms with E-state index >= 15 is 0 Å². The summed E-state index contributed by atoms with van der Waals surface area (Å²) in [7, 11) is 0. The van der Waals surface area contributed by atoms with Gasteiger partial charge in [-0.05, 0) is 23.9 Å². The fraction of sp³-hybridized carbons (Fsp3) is 0.0303. The van der Waals surface area contributed by atoms with Gasteiger partial charge in [0.1, 0.15) is 0 Å². The maximum absolute atomic E-state index is 8.07. The predicted octanol–water partition coefficient (Wildman–Crippen LogP) is 6.26. The first-order valence-electron chi connectivity index (χ1n) is 13.9. The molecule has 0 aliphatic rings. The molecule has 0 unspecified atom stereocenters. The van der Waals surface area contributed by atoms with Gasteiger partial charge in [0.15, 0.2) is 0 Å². The van der Waals surface area contributed by atoms with E-state index in [1.54, 1.807) is 10.6 Å². The topological polar surface area (TPSA) is 31.0 Å². The van der Waals surface area contributed by atoms with Crippen LogP contribution in [-0.2, 0) is 28.0 Å². The Morgan fingerprint density at radius 3 is 2.33 bits per heavy atom. The Balaban J connectivity index is 0.00000288. The van der Waals surface area contributed by atoms with Gasteiger partial charge in [-0.2, -0.15) is 42.5 Å². The molecule has 0 fully saturated rings. The molecule has 0 saturated carbocycles. The van der Waals surface area contributed by atoms with Crippen molar-refractivity contribution >= 4 is 38.9 Å². The molecule has 5 nitrogen and oxygen atoms in total. The van der Waals surface area contributed by atoms with E-state index in [-0.39, 0.29) is 21.1 Å². The minimum Gasteiger partial charge on any atom is -0.317 e. The molecule has 3 heterocycles. The van der Waals surface area contributed by atoms with Gasteiger partial charge in [0.05, 0.1) is 49.9 Å². The molecule has 190 valence electrons. The maximum atomic E-state index is 8.07. The SMILES string of the molecule is [2H]C([2H])([2H])n1[c-][n+](-c2cccc3c2nc2n(-c4[c-]c(-c5[c-]cccc5)ccc4)c4ccccc4n32)c2ccccc21.[Pt]. The van der Waals surface area contributed by atoms with Crippen LogP contribution in [0.1, 0.15) is 4.11 Å². The smallest absolute Gasteiger partial charge is 0.244 e. The number of rotatable bonds is 3. The van der Waals surface area contributed by atoms with Gasteiger partial charge in [-0.1, -0.05) is 48.5 Å². The second-order valence-electron chi connectivity index (χ2n) is 9.20. The van der Waals surface area contributed by atoms with Crippen molar-refractivity contribution in [2.75, 3.05) is 0 Å². The van der Waals surface area contributed by atoms with Gasteiger partial charge in [0.2, 0.25) is 12.1 Å². The van der Waals surface area contributed by atoms with E-state index in [0.717, 1.165) is 55.9 Å². The number of para-hydroxylation sites is 5. The van der Waals surface area contributed by atoms with E-state index in [2.05, 4.69) is 39.6 Å². The average Bonchev–Trinajstić information content (AvgIpc) is 3.67. The Bertz CT molecular complexity index is 2260. The van der Waals surface area contributed by atoms with E-state index in [9.17, 15) is 0 Å². The summed E-state index contributed by atoms with van der Waals surface area (Å²) in [6.07, 6.45) is 3.09. The van der Waals surface area contributed by atoms with Gasteiger partial charge in [0.25, 0.3) is 0 Å². The molecule has 0 aliphatic heterocycles. The minimum atomic E-state index is -2.37. The molecule has 0 N–H and O–H groups in total. The van der Waals surface area contributed by atoms with Gasteiger partial charge < -0.3 is 9.13 Å². The largest absolute Gasteiger partial charge is 0.317 e. The van der Waals surface area contributed by atoms with Gasteiger partial charge >= 0.3 is 0 Å². The Morgan fingerprint density at radius 1 is 0.744 bits per heavy atom. The fourth-order valence-corrected chi connectivity index (χ4v) is 5.37. The van der Waals surface area contributed by atoms with Crippen LogP contribution in [0.25, 0.3) is 61.4 Å². The first kappa shape index (κ1) is 20.5. The zero-order chi connectivity index (χ0) is 27.7. The standard InChI is InChI=1S/C33H21N5.Pt/c1-35-22-36(27-16-6-5-15-26(27)35)30-19-10-20-31-32(30)34-33-37(28-17-7-8-18-29(28)38(31)33)25-14-9-13-24(21-25)23-11-3-2-4-12-23;/h2-11,13-20H,1H3;/q-2;/i1D3;. The van der Waals surface area contributed by atoms with E-state index in [4.69, 9.17) is 9.10 Å². The van der Waals surface area contributed by atoms with Gasteiger partial charge in [-0.15, -0.1) is 12.1 Å². The fourth-order valence-electron chi connectivity index (χ4n) is 5.37. The molecule has 0 spiro atoms. The first-order chi connectivity index (χ1) is 20.0. The summed E-state index contributed by atoms with van der Waals surface area (Å²) in [5.74, 6) is 0.735. The molecule has 3 aromatic heterocycles. The second kappa shape index (κ2) is 9.07. The van der Waals surface area contributed by atoms with Crippen molar-refractivity contribution in [2.24, 2.45) is 6.98 Å². The number of fused-ring (bicyclic) bond motifs is 6. The zero-order valence-corrected chi connectivity index (χ0v) is 22.7. The molecule has 8 rings (SSSR count). The van der Waals surface area contributed by atoms with Crippen molar-refractivity contribution in [1.29, 1.82) is 0 Å². The summed E-state index contributed by atoms with van der Waals surface area (Å²) in [4.78, 5) is 5.19. The number of nitrogens with zero attached hydrogens (tertiary/aromatic N) is 5. The van der Waals surface area contributed by atoms with E-state index in [0.29, 0.717) is 5.52 Å².